The zero-order chi connectivity index (χ0) is 17.8. The highest BCUT2D eigenvalue weighted by atomic mass is 32.2. The first-order valence-electron chi connectivity index (χ1n) is 8.01. The number of hydrogen-bond donors (Lipinski definition) is 1. The van der Waals surface area contributed by atoms with Crippen LogP contribution in [0.3, 0.4) is 0 Å². The highest BCUT2D eigenvalue weighted by Gasteiger charge is 2.12. The smallest absolute Gasteiger partial charge is 0.316 e. The van der Waals surface area contributed by atoms with Gasteiger partial charge in [0.1, 0.15) is 23.0 Å². The number of rotatable bonds is 10. The van der Waals surface area contributed by atoms with Gasteiger partial charge in [0.25, 0.3) is 0 Å². The van der Waals surface area contributed by atoms with Crippen LogP contribution in [0.1, 0.15) is 56.6 Å². The number of pyridine rings is 1. The van der Waals surface area contributed by atoms with E-state index >= 15 is 0 Å². The molecule has 0 bridgehead atoms. The number of carbonyl (C=O) groups excluding carboxylic acids is 1. The van der Waals surface area contributed by atoms with Crippen molar-refractivity contribution in [3.8, 4) is 12.1 Å². The molecule has 1 rings (SSSR count). The number of nitrogens with two attached hydrogens (primary N) is 1. The van der Waals surface area contributed by atoms with Crippen molar-refractivity contribution in [2.24, 2.45) is 0 Å². The van der Waals surface area contributed by atoms with Crippen LogP contribution in [0.5, 0.6) is 0 Å². The quantitative estimate of drug-likeness (QED) is 0.392. The molecule has 0 aliphatic heterocycles. The number of aromatic nitrogens is 1. The Kier molecular flexibility index (Phi) is 9.33. The van der Waals surface area contributed by atoms with E-state index in [0.717, 1.165) is 24.6 Å². The molecular weight excluding hydrogens is 324 g/mol. The van der Waals surface area contributed by atoms with Crippen LogP contribution in [0.2, 0.25) is 0 Å². The minimum Gasteiger partial charge on any atom is -0.465 e. The predicted octanol–water partition coefficient (Wildman–Crippen LogP) is 3.40. The summed E-state index contributed by atoms with van der Waals surface area (Å²) in [6.45, 7) is 2.59. The molecule has 24 heavy (non-hydrogen) atoms. The largest absolute Gasteiger partial charge is 0.465 e. The van der Waals surface area contributed by atoms with E-state index in [-0.39, 0.29) is 28.7 Å². The van der Waals surface area contributed by atoms with Gasteiger partial charge in [0.05, 0.1) is 23.5 Å². The normalized spacial score (nSPS) is 9.96. The average molecular weight is 346 g/mol. The molecule has 128 valence electrons. The summed E-state index contributed by atoms with van der Waals surface area (Å²) in [6.07, 6.45) is 6.78. The number of anilines is 1. The van der Waals surface area contributed by atoms with E-state index in [1.165, 1.54) is 31.7 Å². The molecule has 7 heteroatoms. The van der Waals surface area contributed by atoms with Crippen molar-refractivity contribution in [1.82, 2.24) is 4.98 Å². The standard InChI is InChI=1S/C17H22N4O2S/c1-2-3-4-5-6-7-8-23-15(22)12-24-17-14(11-19)9-13(10-18)16(20)21-17/h9H,2-8,12H2,1H3,(H2,20,21). The third-order valence-corrected chi connectivity index (χ3v) is 4.31. The van der Waals surface area contributed by atoms with Gasteiger partial charge >= 0.3 is 5.97 Å². The fraction of sp³-hybridized carbons (Fsp3) is 0.529. The minimum absolute atomic E-state index is 0.0550. The lowest BCUT2D eigenvalue weighted by Crippen LogP contribution is -2.09. The summed E-state index contributed by atoms with van der Waals surface area (Å²) in [6, 6.07) is 5.21. The predicted molar refractivity (Wildman–Crippen MR) is 93.1 cm³/mol. The van der Waals surface area contributed by atoms with Crippen molar-refractivity contribution in [2.45, 2.75) is 50.5 Å². The lowest BCUT2D eigenvalue weighted by Gasteiger charge is -2.06. The summed E-state index contributed by atoms with van der Waals surface area (Å²) in [7, 11) is 0. The second-order valence-electron chi connectivity index (χ2n) is 5.27. The first-order valence-corrected chi connectivity index (χ1v) is 9.00. The summed E-state index contributed by atoms with van der Waals surface area (Å²) in [4.78, 5) is 15.7. The molecule has 1 aromatic rings. The Morgan fingerprint density at radius 3 is 2.54 bits per heavy atom. The molecule has 6 nitrogen and oxygen atoms in total. The minimum atomic E-state index is -0.345. The average Bonchev–Trinajstić information content (AvgIpc) is 2.59. The molecule has 0 aliphatic carbocycles. The molecule has 0 saturated carbocycles. The maximum Gasteiger partial charge on any atom is 0.316 e. The highest BCUT2D eigenvalue weighted by molar-refractivity contribution is 7.99. The van der Waals surface area contributed by atoms with Gasteiger partial charge < -0.3 is 10.5 Å². The van der Waals surface area contributed by atoms with Crippen LogP contribution >= 0.6 is 11.8 Å². The number of hydrogen-bond acceptors (Lipinski definition) is 7. The second-order valence-corrected chi connectivity index (χ2v) is 6.24. The van der Waals surface area contributed by atoms with Crippen LogP contribution in [0.25, 0.3) is 0 Å². The SMILES string of the molecule is CCCCCCCCOC(=O)CSc1nc(N)c(C#N)cc1C#N. The molecule has 0 spiro atoms. The van der Waals surface area contributed by atoms with Crippen molar-refractivity contribution in [3.63, 3.8) is 0 Å². The van der Waals surface area contributed by atoms with Gasteiger partial charge in [-0.15, -0.1) is 0 Å². The van der Waals surface area contributed by atoms with Gasteiger partial charge in [0.15, 0.2) is 0 Å². The molecule has 0 radical (unpaired) electrons. The number of nitrogens with zero attached hydrogens (tertiary/aromatic N) is 3. The molecule has 0 aliphatic rings. The Hall–Kier alpha value is -2.25. The number of unbranched alkanes of at least 4 members (excludes halogenated alkanes) is 5. The third kappa shape index (κ3) is 6.89. The zero-order valence-electron chi connectivity index (χ0n) is 13.9. The molecule has 0 fully saturated rings. The molecule has 1 heterocycles. The zero-order valence-corrected chi connectivity index (χ0v) is 14.7. The van der Waals surface area contributed by atoms with Gasteiger partial charge in [-0.05, 0) is 12.5 Å². The lowest BCUT2D eigenvalue weighted by atomic mass is 10.1. The monoisotopic (exact) mass is 346 g/mol. The number of thioether (sulfide) groups is 1. The summed E-state index contributed by atoms with van der Waals surface area (Å²) in [5.74, 6) is -0.232. The van der Waals surface area contributed by atoms with E-state index in [0.29, 0.717) is 11.6 Å². The number of carbonyl (C=O) groups is 1. The highest BCUT2D eigenvalue weighted by Crippen LogP contribution is 2.23. The molecular formula is C17H22N4O2S. The lowest BCUT2D eigenvalue weighted by molar-refractivity contribution is -0.140. The maximum absolute atomic E-state index is 11.7. The van der Waals surface area contributed by atoms with Crippen LogP contribution in [0, 0.1) is 22.7 Å². The van der Waals surface area contributed by atoms with Crippen molar-refractivity contribution < 1.29 is 9.53 Å². The number of ether oxygens (including phenoxy) is 1. The van der Waals surface area contributed by atoms with Gasteiger partial charge in [0.2, 0.25) is 0 Å². The van der Waals surface area contributed by atoms with Gasteiger partial charge in [-0.1, -0.05) is 50.8 Å². The summed E-state index contributed by atoms with van der Waals surface area (Å²) >= 11 is 1.09. The van der Waals surface area contributed by atoms with Gasteiger partial charge in [0, 0.05) is 0 Å². The maximum atomic E-state index is 11.7. The summed E-state index contributed by atoms with van der Waals surface area (Å²) < 4.78 is 5.16. The number of nitrogen functional groups attached to an aromatic ring is 1. The Balaban J connectivity index is 2.36. The topological polar surface area (TPSA) is 113 Å². The van der Waals surface area contributed by atoms with Crippen LogP contribution < -0.4 is 5.73 Å². The van der Waals surface area contributed by atoms with Crippen LogP contribution in [-0.4, -0.2) is 23.3 Å². The van der Waals surface area contributed by atoms with Gasteiger partial charge in [-0.25, -0.2) is 4.98 Å². The molecule has 2 N–H and O–H groups in total. The van der Waals surface area contributed by atoms with Crippen molar-refractivity contribution in [2.75, 3.05) is 18.1 Å². The molecule has 0 atom stereocenters. The molecule has 0 aromatic carbocycles. The first kappa shape index (κ1) is 19.8. The fourth-order valence-electron chi connectivity index (χ4n) is 2.03. The van der Waals surface area contributed by atoms with Gasteiger partial charge in [-0.3, -0.25) is 4.79 Å². The summed E-state index contributed by atoms with van der Waals surface area (Å²) in [5, 5.41) is 18.3. The van der Waals surface area contributed by atoms with Gasteiger partial charge in [-0.2, -0.15) is 10.5 Å². The van der Waals surface area contributed by atoms with Crippen molar-refractivity contribution in [3.05, 3.63) is 17.2 Å². The van der Waals surface area contributed by atoms with Crippen molar-refractivity contribution >= 4 is 23.5 Å². The van der Waals surface area contributed by atoms with E-state index in [9.17, 15) is 4.79 Å². The van der Waals surface area contributed by atoms with E-state index in [4.69, 9.17) is 21.0 Å². The second kappa shape index (κ2) is 11.3. The van der Waals surface area contributed by atoms with Crippen LogP contribution in [0.15, 0.2) is 11.1 Å². The number of nitriles is 2. The molecule has 1 aromatic heterocycles. The first-order chi connectivity index (χ1) is 11.6. The summed E-state index contributed by atoms with van der Waals surface area (Å²) in [5.41, 5.74) is 6.02. The Labute approximate surface area is 147 Å². The Bertz CT molecular complexity index is 635. The Morgan fingerprint density at radius 1 is 1.21 bits per heavy atom. The van der Waals surface area contributed by atoms with Crippen LogP contribution in [0.4, 0.5) is 5.82 Å². The van der Waals surface area contributed by atoms with E-state index in [1.807, 2.05) is 12.1 Å². The van der Waals surface area contributed by atoms with Crippen LogP contribution in [-0.2, 0) is 9.53 Å². The number of esters is 1. The van der Waals surface area contributed by atoms with E-state index in [2.05, 4.69) is 11.9 Å². The third-order valence-electron chi connectivity index (χ3n) is 3.35. The molecule has 0 saturated heterocycles. The Morgan fingerprint density at radius 2 is 1.88 bits per heavy atom. The van der Waals surface area contributed by atoms with E-state index < -0.39 is 0 Å². The fourth-order valence-corrected chi connectivity index (χ4v) is 2.79. The molecule has 0 amide bonds. The van der Waals surface area contributed by atoms with E-state index in [1.54, 1.807) is 0 Å². The molecule has 0 unspecified atom stereocenters. The van der Waals surface area contributed by atoms with Crippen molar-refractivity contribution in [1.29, 1.82) is 10.5 Å².